The van der Waals surface area contributed by atoms with Gasteiger partial charge in [-0.05, 0) is 43.2 Å². The topological polar surface area (TPSA) is 77.9 Å². The molecule has 1 aromatic heterocycles. The number of para-hydroxylation sites is 1. The maximum atomic E-state index is 14.9. The molecule has 0 radical (unpaired) electrons. The van der Waals surface area contributed by atoms with Gasteiger partial charge < -0.3 is 19.3 Å². The number of carboxylic acid groups (broad SMARTS) is 1. The molecular formula is C28H22FNO5. The number of pyridine rings is 1. The summed E-state index contributed by atoms with van der Waals surface area (Å²) in [6, 6.07) is 20.0. The van der Waals surface area contributed by atoms with Crippen molar-refractivity contribution in [3.63, 3.8) is 0 Å². The summed E-state index contributed by atoms with van der Waals surface area (Å²) in [6.07, 6.45) is 0.774. The van der Waals surface area contributed by atoms with Crippen LogP contribution in [-0.4, -0.2) is 22.7 Å². The summed E-state index contributed by atoms with van der Waals surface area (Å²) < 4.78 is 32.9. The molecule has 0 amide bonds. The van der Waals surface area contributed by atoms with Crippen molar-refractivity contribution < 1.29 is 28.5 Å². The van der Waals surface area contributed by atoms with Crippen molar-refractivity contribution in [2.24, 2.45) is 0 Å². The molecular weight excluding hydrogens is 449 g/mol. The van der Waals surface area contributed by atoms with E-state index in [0.717, 1.165) is 22.0 Å². The quantitative estimate of drug-likeness (QED) is 0.362. The van der Waals surface area contributed by atoms with Gasteiger partial charge in [0.05, 0.1) is 18.5 Å². The second-order valence-electron chi connectivity index (χ2n) is 8.83. The number of nitrogens with zero attached hydrogens (tertiary/aromatic N) is 1. The number of hydrogen-bond donors (Lipinski definition) is 1. The Morgan fingerprint density at radius 2 is 2.00 bits per heavy atom. The molecule has 35 heavy (non-hydrogen) atoms. The molecule has 0 saturated heterocycles. The van der Waals surface area contributed by atoms with E-state index in [9.17, 15) is 9.18 Å². The lowest BCUT2D eigenvalue weighted by Gasteiger charge is -2.17. The molecule has 176 valence electrons. The summed E-state index contributed by atoms with van der Waals surface area (Å²) in [4.78, 5) is 15.6. The van der Waals surface area contributed by atoms with E-state index in [-0.39, 0.29) is 18.2 Å². The predicted octanol–water partition coefficient (Wildman–Crippen LogP) is 6.18. The maximum Gasteiger partial charge on any atom is 0.304 e. The van der Waals surface area contributed by atoms with Gasteiger partial charge in [0.1, 0.15) is 29.2 Å². The third kappa shape index (κ3) is 4.03. The van der Waals surface area contributed by atoms with Gasteiger partial charge >= 0.3 is 5.97 Å². The normalized spacial score (nSPS) is 18.1. The molecule has 0 spiro atoms. The fraction of sp³-hybridized carbons (Fsp3) is 0.214. The van der Waals surface area contributed by atoms with Crippen LogP contribution in [0.4, 0.5) is 4.39 Å². The van der Waals surface area contributed by atoms with E-state index in [1.807, 2.05) is 42.5 Å². The van der Waals surface area contributed by atoms with Crippen LogP contribution in [-0.2, 0) is 11.2 Å². The number of carbonyl (C=O) groups is 1. The van der Waals surface area contributed by atoms with Crippen LogP contribution in [0.1, 0.15) is 41.6 Å². The van der Waals surface area contributed by atoms with Gasteiger partial charge in [0.2, 0.25) is 5.88 Å². The highest BCUT2D eigenvalue weighted by atomic mass is 19.1. The van der Waals surface area contributed by atoms with Crippen molar-refractivity contribution in [1.82, 2.24) is 4.98 Å². The third-order valence-electron chi connectivity index (χ3n) is 6.59. The van der Waals surface area contributed by atoms with Crippen LogP contribution in [0, 0.1) is 5.82 Å². The van der Waals surface area contributed by atoms with Gasteiger partial charge in [-0.25, -0.2) is 9.37 Å². The zero-order valence-electron chi connectivity index (χ0n) is 18.7. The molecule has 2 aliphatic rings. The minimum atomic E-state index is -0.860. The van der Waals surface area contributed by atoms with Crippen molar-refractivity contribution in [2.75, 3.05) is 6.61 Å². The highest BCUT2D eigenvalue weighted by Gasteiger charge is 2.32. The first kappa shape index (κ1) is 21.4. The van der Waals surface area contributed by atoms with Gasteiger partial charge in [0, 0.05) is 40.1 Å². The molecule has 6 nitrogen and oxygen atoms in total. The summed E-state index contributed by atoms with van der Waals surface area (Å²) in [7, 11) is 0. The monoisotopic (exact) mass is 471 g/mol. The predicted molar refractivity (Wildman–Crippen MR) is 127 cm³/mol. The fourth-order valence-corrected chi connectivity index (χ4v) is 4.95. The summed E-state index contributed by atoms with van der Waals surface area (Å²) in [6.45, 7) is 0.329. The van der Waals surface area contributed by atoms with Gasteiger partial charge in [-0.15, -0.1) is 0 Å². The van der Waals surface area contributed by atoms with E-state index >= 15 is 0 Å². The van der Waals surface area contributed by atoms with Gasteiger partial charge in [0.25, 0.3) is 0 Å². The number of hydrogen-bond acceptors (Lipinski definition) is 5. The number of ether oxygens (including phenoxy) is 3. The Bertz CT molecular complexity index is 1450. The third-order valence-corrected chi connectivity index (χ3v) is 6.59. The number of rotatable bonds is 6. The Labute approximate surface area is 200 Å². The van der Waals surface area contributed by atoms with Crippen LogP contribution < -0.4 is 14.2 Å². The summed E-state index contributed by atoms with van der Waals surface area (Å²) in [5.41, 5.74) is 2.96. The average molecular weight is 471 g/mol. The van der Waals surface area contributed by atoms with Gasteiger partial charge in [-0.2, -0.15) is 0 Å². The second-order valence-corrected chi connectivity index (χ2v) is 8.83. The van der Waals surface area contributed by atoms with E-state index in [0.29, 0.717) is 48.1 Å². The molecule has 7 heteroatoms. The highest BCUT2D eigenvalue weighted by molar-refractivity contribution is 5.78. The lowest BCUT2D eigenvalue weighted by molar-refractivity contribution is -0.137. The average Bonchev–Trinajstić information content (AvgIpc) is 3.45. The molecule has 1 aliphatic heterocycles. The van der Waals surface area contributed by atoms with Crippen molar-refractivity contribution in [1.29, 1.82) is 0 Å². The second kappa shape index (κ2) is 8.58. The number of aliphatic carboxylic acids is 1. The largest absolute Gasteiger partial charge is 0.492 e. The molecule has 1 unspecified atom stereocenters. The Morgan fingerprint density at radius 1 is 1.11 bits per heavy atom. The van der Waals surface area contributed by atoms with Crippen molar-refractivity contribution in [3.8, 4) is 23.1 Å². The maximum absolute atomic E-state index is 14.9. The lowest BCUT2D eigenvalue weighted by Crippen LogP contribution is -2.07. The van der Waals surface area contributed by atoms with Gasteiger partial charge in [-0.3, -0.25) is 4.79 Å². The fourth-order valence-electron chi connectivity index (χ4n) is 4.95. The molecule has 4 aromatic rings. The molecule has 0 fully saturated rings. The standard InChI is InChI=1S/C28H22FNO5/c29-21-9-11-23(35-26-12-5-16-3-1-2-4-22(16)30-26)20-8-10-24(28(20)21)34-18-6-7-19-17(13-27(31)32)15-33-25(19)14-18/h1-7,9,11-12,14,17,24H,8,10,13,15H2,(H,31,32)/t17?,24-/m1/s1. The van der Waals surface area contributed by atoms with E-state index < -0.39 is 12.1 Å². The lowest BCUT2D eigenvalue weighted by atomic mass is 9.98. The molecule has 0 saturated carbocycles. The Kier molecular flexibility index (Phi) is 5.25. The molecule has 0 bridgehead atoms. The van der Waals surface area contributed by atoms with Gasteiger partial charge in [0.15, 0.2) is 0 Å². The van der Waals surface area contributed by atoms with Crippen molar-refractivity contribution in [2.45, 2.75) is 31.3 Å². The first-order valence-corrected chi connectivity index (χ1v) is 11.6. The number of aromatic nitrogens is 1. The van der Waals surface area contributed by atoms with Crippen molar-refractivity contribution in [3.05, 3.63) is 89.2 Å². The first-order chi connectivity index (χ1) is 17.0. The van der Waals surface area contributed by atoms with Crippen LogP contribution >= 0.6 is 0 Å². The van der Waals surface area contributed by atoms with E-state index in [1.165, 1.54) is 6.07 Å². The van der Waals surface area contributed by atoms with E-state index in [2.05, 4.69) is 4.98 Å². The zero-order valence-corrected chi connectivity index (χ0v) is 18.7. The Morgan fingerprint density at radius 3 is 2.89 bits per heavy atom. The van der Waals surface area contributed by atoms with Crippen LogP contribution in [0.15, 0.2) is 66.7 Å². The molecule has 1 N–H and O–H groups in total. The molecule has 2 atom stereocenters. The van der Waals surface area contributed by atoms with E-state index in [1.54, 1.807) is 18.2 Å². The minimum Gasteiger partial charge on any atom is -0.492 e. The minimum absolute atomic E-state index is 0.0171. The van der Waals surface area contributed by atoms with Crippen LogP contribution in [0.2, 0.25) is 0 Å². The van der Waals surface area contributed by atoms with Crippen molar-refractivity contribution >= 4 is 16.9 Å². The Balaban J connectivity index is 1.24. The molecule has 6 rings (SSSR count). The smallest absolute Gasteiger partial charge is 0.304 e. The number of benzene rings is 3. The Hall–Kier alpha value is -4.13. The SMILES string of the molecule is O=C(O)CC1COc2cc(O[C@@H]3CCc4c(Oc5ccc6ccccc6n5)ccc(F)c43)ccc21. The van der Waals surface area contributed by atoms with Crippen LogP contribution in [0.5, 0.6) is 23.1 Å². The van der Waals surface area contributed by atoms with Gasteiger partial charge in [-0.1, -0.05) is 24.3 Å². The molecule has 1 aliphatic carbocycles. The zero-order chi connectivity index (χ0) is 23.9. The molecule has 3 aromatic carbocycles. The summed E-state index contributed by atoms with van der Waals surface area (Å²) >= 11 is 0. The van der Waals surface area contributed by atoms with Crippen LogP contribution in [0.3, 0.4) is 0 Å². The number of carboxylic acids is 1. The summed E-state index contributed by atoms with van der Waals surface area (Å²) in [5, 5.41) is 10.1. The molecule has 2 heterocycles. The number of halogens is 1. The van der Waals surface area contributed by atoms with Crippen LogP contribution in [0.25, 0.3) is 10.9 Å². The first-order valence-electron chi connectivity index (χ1n) is 11.6. The summed E-state index contributed by atoms with van der Waals surface area (Å²) in [5.74, 6) is 0.829. The highest BCUT2D eigenvalue weighted by Crippen LogP contribution is 2.44. The van der Waals surface area contributed by atoms with E-state index in [4.69, 9.17) is 19.3 Å². The number of fused-ring (bicyclic) bond motifs is 3.